The largest absolute Gasteiger partial charge is 2.00 e. The molecule has 0 spiro atoms. The Morgan fingerprint density at radius 2 is 1.00 bits per heavy atom. The van der Waals surface area contributed by atoms with Gasteiger partial charge in [-0.2, -0.15) is 0 Å². The first kappa shape index (κ1) is 22.4. The molecular formula is H4CuO7Se2. The fourth-order valence-corrected chi connectivity index (χ4v) is 0. The zero-order chi connectivity index (χ0) is 7.15. The van der Waals surface area contributed by atoms with E-state index in [1.807, 2.05) is 0 Å². The Balaban J connectivity index is -0.0000000300. The summed E-state index contributed by atoms with van der Waals surface area (Å²) in [6, 6.07) is 0. The van der Waals surface area contributed by atoms with Gasteiger partial charge in [0.2, 0.25) is 0 Å². The summed E-state index contributed by atoms with van der Waals surface area (Å²) in [5.41, 5.74) is 0. The van der Waals surface area contributed by atoms with Crippen LogP contribution < -0.4 is 8.38 Å². The number of rotatable bonds is 0. The number of hydrogen-bond acceptors (Lipinski definition) is 4. The minimum Gasteiger partial charge on any atom is 2.00 e. The van der Waals surface area contributed by atoms with Crippen molar-refractivity contribution < 1.29 is 47.0 Å². The van der Waals surface area contributed by atoms with Crippen molar-refractivity contribution in [3.63, 3.8) is 0 Å². The molecule has 0 aliphatic heterocycles. The average molecular weight is 337 g/mol. The first-order valence-corrected chi connectivity index (χ1v) is 5.36. The Morgan fingerprint density at radius 3 is 1.00 bits per heavy atom. The molecule has 0 saturated carbocycles. The molecule has 10 heteroatoms. The molecule has 69 valence electrons. The summed E-state index contributed by atoms with van der Waals surface area (Å²) >= 11 is -7.08. The molecular weight excluding hydrogens is 333 g/mol. The van der Waals surface area contributed by atoms with Gasteiger partial charge in [-0.3, -0.25) is 0 Å². The van der Waals surface area contributed by atoms with Crippen LogP contribution in [0.1, 0.15) is 0 Å². The summed E-state index contributed by atoms with van der Waals surface area (Å²) in [7, 11) is 0. The van der Waals surface area contributed by atoms with Gasteiger partial charge in [-0.1, -0.05) is 0 Å². The van der Waals surface area contributed by atoms with E-state index in [1.54, 1.807) is 0 Å². The zero-order valence-electron chi connectivity index (χ0n) is 4.15. The first-order valence-electron chi connectivity index (χ1n) is 1.03. The van der Waals surface area contributed by atoms with Gasteiger partial charge < -0.3 is 5.48 Å². The van der Waals surface area contributed by atoms with Crippen molar-refractivity contribution in [2.24, 2.45) is 0 Å². The van der Waals surface area contributed by atoms with E-state index in [1.165, 1.54) is 0 Å². The van der Waals surface area contributed by atoms with Crippen LogP contribution >= 0.6 is 0 Å². The third-order valence-corrected chi connectivity index (χ3v) is 0. The third kappa shape index (κ3) is 618. The molecule has 0 heterocycles. The van der Waals surface area contributed by atoms with E-state index >= 15 is 0 Å². The smallest absolute Gasteiger partial charge is 2.00 e. The van der Waals surface area contributed by atoms with Crippen molar-refractivity contribution in [2.75, 3.05) is 0 Å². The normalized spacial score (nSPS) is 12.4. The fraction of sp³-hybridized carbons (Fsp3) is 0. The Hall–Kier alpha value is 0.958. The van der Waals surface area contributed by atoms with Gasteiger partial charge in [-0.05, 0) is 0 Å². The van der Waals surface area contributed by atoms with Crippen molar-refractivity contribution in [3.8, 4) is 0 Å². The van der Waals surface area contributed by atoms with Gasteiger partial charge in [0.15, 0.2) is 0 Å². The molecule has 0 rings (SSSR count). The Labute approximate surface area is 75.9 Å². The molecule has 0 fully saturated rings. The maximum Gasteiger partial charge on any atom is 2.00 e. The number of hydrogen-bond donors (Lipinski definition) is 2. The summed E-state index contributed by atoms with van der Waals surface area (Å²) in [6.45, 7) is 0. The van der Waals surface area contributed by atoms with Crippen LogP contribution in [0.2, 0.25) is 0 Å². The summed E-state index contributed by atoms with van der Waals surface area (Å²) in [5.74, 6) is 0. The second kappa shape index (κ2) is 16.5. The molecule has 7 nitrogen and oxygen atoms in total. The Morgan fingerprint density at radius 1 is 1.00 bits per heavy atom. The second-order valence-corrected chi connectivity index (χ2v) is 2.26. The molecule has 0 aromatic rings. The molecule has 0 aromatic heterocycles. The minimum absolute atomic E-state index is 0. The summed E-state index contributed by atoms with van der Waals surface area (Å²) in [4.78, 5) is 0. The van der Waals surface area contributed by atoms with Crippen molar-refractivity contribution >= 4 is 29.0 Å². The van der Waals surface area contributed by atoms with Crippen LogP contribution in [0, 0.1) is 0 Å². The fourth-order valence-electron chi connectivity index (χ4n) is 0. The van der Waals surface area contributed by atoms with E-state index in [4.69, 9.17) is 24.4 Å². The monoisotopic (exact) mass is 339 g/mol. The van der Waals surface area contributed by atoms with Gasteiger partial charge in [0.05, 0.1) is 0 Å². The standard InChI is InChI=1S/Cu.2H2O3Se.H2O/c;2*1-4(2)3;/h;2*(H2,1,2,3);1H2/q+2;;;/p-2. The maximum atomic E-state index is 8.65. The van der Waals surface area contributed by atoms with E-state index in [9.17, 15) is 0 Å². The molecule has 4 N–H and O–H groups in total. The topological polar surface area (TPSA) is 152 Å². The van der Waals surface area contributed by atoms with E-state index in [0.29, 0.717) is 0 Å². The van der Waals surface area contributed by atoms with Crippen LogP contribution in [0.4, 0.5) is 0 Å². The van der Waals surface area contributed by atoms with Crippen molar-refractivity contribution in [1.29, 1.82) is 0 Å². The van der Waals surface area contributed by atoms with Crippen molar-refractivity contribution in [2.45, 2.75) is 0 Å². The predicted octanol–water partition coefficient (Wildman–Crippen LogP) is -5.32. The molecule has 2 atom stereocenters. The first-order chi connectivity index (χ1) is 3.46. The molecule has 2 unspecified atom stereocenters. The molecule has 0 bridgehead atoms. The van der Waals surface area contributed by atoms with E-state index in [2.05, 4.69) is 0 Å². The van der Waals surface area contributed by atoms with E-state index in [0.717, 1.165) is 0 Å². The average Bonchev–Trinajstić information content (AvgIpc) is 1.25. The van der Waals surface area contributed by atoms with Crippen molar-refractivity contribution in [3.05, 3.63) is 0 Å². The summed E-state index contributed by atoms with van der Waals surface area (Å²) in [5, 5.41) is 0. The van der Waals surface area contributed by atoms with E-state index in [-0.39, 0.29) is 22.5 Å². The predicted molar refractivity (Wildman–Crippen MR) is 20.9 cm³/mol. The zero-order valence-corrected chi connectivity index (χ0v) is 8.51. The third-order valence-electron chi connectivity index (χ3n) is 0. The van der Waals surface area contributed by atoms with Crippen LogP contribution in [0.15, 0.2) is 0 Å². The molecule has 1 radical (unpaired) electrons. The molecule has 10 heavy (non-hydrogen) atoms. The summed E-state index contributed by atoms with van der Waals surface area (Å²) < 4.78 is 48.8. The van der Waals surface area contributed by atoms with Crippen LogP contribution in [0.5, 0.6) is 0 Å². The maximum absolute atomic E-state index is 8.65. The quantitative estimate of drug-likeness (QED) is 0.421. The van der Waals surface area contributed by atoms with Crippen LogP contribution in [-0.2, 0) is 24.7 Å². The van der Waals surface area contributed by atoms with Gasteiger partial charge in [0.25, 0.3) is 0 Å². The Kier molecular flexibility index (Phi) is 37.0. The summed E-state index contributed by atoms with van der Waals surface area (Å²) in [6.07, 6.45) is 0. The Bertz CT molecular complexity index is 69.6. The van der Waals surface area contributed by atoms with Crippen LogP contribution in [0.25, 0.3) is 0 Å². The van der Waals surface area contributed by atoms with Crippen LogP contribution in [0.3, 0.4) is 0 Å². The van der Waals surface area contributed by atoms with Gasteiger partial charge in [-0.15, -0.1) is 0 Å². The minimum atomic E-state index is -3.54. The van der Waals surface area contributed by atoms with E-state index < -0.39 is 29.0 Å². The van der Waals surface area contributed by atoms with Gasteiger partial charge in [-0.25, -0.2) is 0 Å². The van der Waals surface area contributed by atoms with Gasteiger partial charge in [0.1, 0.15) is 0 Å². The molecule has 0 saturated heterocycles. The van der Waals surface area contributed by atoms with Gasteiger partial charge in [0, 0.05) is 0 Å². The van der Waals surface area contributed by atoms with Gasteiger partial charge >= 0.3 is 70.5 Å². The molecule has 0 amide bonds. The molecule has 0 aliphatic rings. The molecule has 0 aliphatic carbocycles. The van der Waals surface area contributed by atoms with Crippen molar-refractivity contribution in [1.82, 2.24) is 0 Å². The SMILES string of the molecule is O.O=[Se]([O-])O.O=[Se]([O-])O.[Cu+2]. The van der Waals surface area contributed by atoms with Crippen LogP contribution in [-0.4, -0.2) is 42.8 Å². The second-order valence-electron chi connectivity index (χ2n) is 0.434. The molecule has 0 aromatic carbocycles.